The van der Waals surface area contributed by atoms with Crippen LogP contribution in [-0.4, -0.2) is 11.2 Å². The van der Waals surface area contributed by atoms with Gasteiger partial charge in [0.1, 0.15) is 0 Å². The number of benzene rings is 1. The third kappa shape index (κ3) is 1.41. The zero-order chi connectivity index (χ0) is 11.2. The summed E-state index contributed by atoms with van der Waals surface area (Å²) in [7, 11) is 0. The Kier molecular flexibility index (Phi) is 1.85. The van der Waals surface area contributed by atoms with Crippen LogP contribution in [0.15, 0.2) is 29.3 Å². The molecule has 0 heterocycles. The fourth-order valence-electron chi connectivity index (χ4n) is 2.18. The summed E-state index contributed by atoms with van der Waals surface area (Å²) in [5.74, 6) is 0. The van der Waals surface area contributed by atoms with E-state index in [1.807, 2.05) is 24.3 Å². The summed E-state index contributed by atoms with van der Waals surface area (Å²) in [4.78, 5) is 14.3. The van der Waals surface area contributed by atoms with Gasteiger partial charge >= 0.3 is 0 Å². The molecule has 0 atom stereocenters. The van der Waals surface area contributed by atoms with E-state index in [-0.39, 0.29) is 5.54 Å². The molecule has 1 aromatic rings. The molecule has 2 saturated carbocycles. The van der Waals surface area contributed by atoms with Crippen molar-refractivity contribution in [2.45, 2.75) is 36.8 Å². The standard InChI is InChI=1S/C13H13NO2/c15-9-14-12(4-5-12)10-2-1-3-11(8-10)13(16)6-7-13/h1-3,8,16H,4-7H2. The summed E-state index contributed by atoms with van der Waals surface area (Å²) >= 11 is 0. The van der Waals surface area contributed by atoms with Crippen molar-refractivity contribution in [2.75, 3.05) is 0 Å². The van der Waals surface area contributed by atoms with Crippen molar-refractivity contribution in [3.63, 3.8) is 0 Å². The predicted molar refractivity (Wildman–Crippen MR) is 58.6 cm³/mol. The summed E-state index contributed by atoms with van der Waals surface area (Å²) in [5, 5.41) is 10.0. The summed E-state index contributed by atoms with van der Waals surface area (Å²) < 4.78 is 0. The largest absolute Gasteiger partial charge is 0.385 e. The van der Waals surface area contributed by atoms with Crippen LogP contribution in [0.4, 0.5) is 0 Å². The molecular weight excluding hydrogens is 202 g/mol. The van der Waals surface area contributed by atoms with Crippen molar-refractivity contribution < 1.29 is 9.90 Å². The van der Waals surface area contributed by atoms with Gasteiger partial charge < -0.3 is 5.11 Å². The van der Waals surface area contributed by atoms with Crippen molar-refractivity contribution >= 4 is 6.08 Å². The molecule has 0 spiro atoms. The molecule has 2 fully saturated rings. The van der Waals surface area contributed by atoms with Gasteiger partial charge in [-0.25, -0.2) is 4.79 Å². The van der Waals surface area contributed by atoms with Crippen LogP contribution >= 0.6 is 0 Å². The Balaban J connectivity index is 2.00. The summed E-state index contributed by atoms with van der Waals surface area (Å²) in [6, 6.07) is 7.84. The lowest BCUT2D eigenvalue weighted by atomic mass is 9.99. The van der Waals surface area contributed by atoms with E-state index in [0.717, 1.165) is 36.8 Å². The maximum absolute atomic E-state index is 10.4. The number of aliphatic imine (C=N–C) groups is 1. The van der Waals surface area contributed by atoms with Gasteiger partial charge in [-0.1, -0.05) is 24.3 Å². The summed E-state index contributed by atoms with van der Waals surface area (Å²) in [5.41, 5.74) is 1.05. The van der Waals surface area contributed by atoms with Gasteiger partial charge in [-0.05, 0) is 36.8 Å². The molecule has 82 valence electrons. The van der Waals surface area contributed by atoms with Crippen LogP contribution in [-0.2, 0) is 15.9 Å². The zero-order valence-corrected chi connectivity index (χ0v) is 8.94. The molecule has 0 radical (unpaired) electrons. The first-order chi connectivity index (χ1) is 7.69. The monoisotopic (exact) mass is 215 g/mol. The SMILES string of the molecule is O=C=NC1(c2cccc(C3(O)CC3)c2)CC1. The van der Waals surface area contributed by atoms with Gasteiger partial charge in [0.05, 0.1) is 11.1 Å². The minimum Gasteiger partial charge on any atom is -0.385 e. The van der Waals surface area contributed by atoms with Crippen LogP contribution in [0.5, 0.6) is 0 Å². The van der Waals surface area contributed by atoms with Crippen molar-refractivity contribution in [3.05, 3.63) is 35.4 Å². The van der Waals surface area contributed by atoms with E-state index in [9.17, 15) is 9.90 Å². The smallest absolute Gasteiger partial charge is 0.235 e. The molecular formula is C13H13NO2. The normalized spacial score (nSPS) is 23.3. The van der Waals surface area contributed by atoms with E-state index in [1.54, 1.807) is 6.08 Å². The Morgan fingerprint density at radius 3 is 2.44 bits per heavy atom. The molecule has 0 saturated heterocycles. The Hall–Kier alpha value is -1.44. The summed E-state index contributed by atoms with van der Waals surface area (Å²) in [6.45, 7) is 0. The third-order valence-corrected chi connectivity index (χ3v) is 3.64. The minimum absolute atomic E-state index is 0.330. The molecule has 0 aromatic heterocycles. The zero-order valence-electron chi connectivity index (χ0n) is 8.94. The van der Waals surface area contributed by atoms with Crippen LogP contribution in [0, 0.1) is 0 Å². The molecule has 0 amide bonds. The highest BCUT2D eigenvalue weighted by Gasteiger charge is 2.47. The average molecular weight is 215 g/mol. The number of carbonyl (C=O) groups excluding carboxylic acids is 1. The van der Waals surface area contributed by atoms with Gasteiger partial charge in [0.2, 0.25) is 6.08 Å². The average Bonchev–Trinajstić information content (AvgIpc) is 3.19. The Morgan fingerprint density at radius 2 is 1.88 bits per heavy atom. The van der Waals surface area contributed by atoms with E-state index in [4.69, 9.17) is 0 Å². The second-order valence-electron chi connectivity index (χ2n) is 4.85. The number of aliphatic hydroxyl groups is 1. The van der Waals surface area contributed by atoms with Gasteiger partial charge in [0.15, 0.2) is 0 Å². The first-order valence-electron chi connectivity index (χ1n) is 5.61. The van der Waals surface area contributed by atoms with Crippen molar-refractivity contribution in [1.29, 1.82) is 0 Å². The van der Waals surface area contributed by atoms with E-state index >= 15 is 0 Å². The highest BCUT2D eigenvalue weighted by atomic mass is 16.3. The topological polar surface area (TPSA) is 49.7 Å². The molecule has 3 nitrogen and oxygen atoms in total. The number of isocyanates is 1. The number of rotatable bonds is 3. The van der Waals surface area contributed by atoms with Gasteiger partial charge in [-0.2, -0.15) is 4.99 Å². The highest BCUT2D eigenvalue weighted by Crippen LogP contribution is 2.51. The maximum Gasteiger partial charge on any atom is 0.235 e. The Bertz CT molecular complexity index is 480. The Morgan fingerprint density at radius 1 is 1.19 bits per heavy atom. The van der Waals surface area contributed by atoms with Gasteiger partial charge in [0, 0.05) is 0 Å². The van der Waals surface area contributed by atoms with E-state index in [0.29, 0.717) is 0 Å². The first-order valence-corrected chi connectivity index (χ1v) is 5.61. The van der Waals surface area contributed by atoms with E-state index < -0.39 is 5.60 Å². The quantitative estimate of drug-likeness (QED) is 0.619. The first kappa shape index (κ1) is 9.76. The fraction of sp³-hybridized carbons (Fsp3) is 0.462. The van der Waals surface area contributed by atoms with Crippen molar-refractivity contribution in [2.24, 2.45) is 4.99 Å². The molecule has 2 aliphatic carbocycles. The van der Waals surface area contributed by atoms with Crippen molar-refractivity contribution in [1.82, 2.24) is 0 Å². The molecule has 2 aliphatic rings. The van der Waals surface area contributed by atoms with Crippen LogP contribution < -0.4 is 0 Å². The molecule has 16 heavy (non-hydrogen) atoms. The molecule has 1 aromatic carbocycles. The third-order valence-electron chi connectivity index (χ3n) is 3.64. The molecule has 3 rings (SSSR count). The van der Waals surface area contributed by atoms with Gasteiger partial charge in [-0.15, -0.1) is 0 Å². The number of nitrogens with zero attached hydrogens (tertiary/aromatic N) is 1. The van der Waals surface area contributed by atoms with Crippen LogP contribution in [0.1, 0.15) is 36.8 Å². The second-order valence-corrected chi connectivity index (χ2v) is 4.85. The fourth-order valence-corrected chi connectivity index (χ4v) is 2.18. The molecule has 3 heteroatoms. The highest BCUT2D eigenvalue weighted by molar-refractivity contribution is 5.43. The summed E-state index contributed by atoms with van der Waals surface area (Å²) in [6.07, 6.45) is 5.14. The lowest BCUT2D eigenvalue weighted by molar-refractivity contribution is 0.151. The maximum atomic E-state index is 10.4. The molecule has 0 aliphatic heterocycles. The van der Waals surface area contributed by atoms with Gasteiger partial charge in [0.25, 0.3) is 0 Å². The van der Waals surface area contributed by atoms with E-state index in [1.165, 1.54) is 0 Å². The van der Waals surface area contributed by atoms with Crippen LogP contribution in [0.3, 0.4) is 0 Å². The second kappa shape index (κ2) is 3.03. The van der Waals surface area contributed by atoms with Crippen LogP contribution in [0.25, 0.3) is 0 Å². The minimum atomic E-state index is -0.614. The number of hydrogen-bond donors (Lipinski definition) is 1. The number of hydrogen-bond acceptors (Lipinski definition) is 3. The molecule has 1 N–H and O–H groups in total. The van der Waals surface area contributed by atoms with Gasteiger partial charge in [-0.3, -0.25) is 0 Å². The predicted octanol–water partition coefficient (Wildman–Crippen LogP) is 1.99. The lowest BCUT2D eigenvalue weighted by Gasteiger charge is -2.13. The lowest BCUT2D eigenvalue weighted by Crippen LogP contribution is -2.08. The van der Waals surface area contributed by atoms with E-state index in [2.05, 4.69) is 4.99 Å². The van der Waals surface area contributed by atoms with Crippen LogP contribution in [0.2, 0.25) is 0 Å². The molecule has 0 unspecified atom stereocenters. The Labute approximate surface area is 93.8 Å². The van der Waals surface area contributed by atoms with Crippen molar-refractivity contribution in [3.8, 4) is 0 Å². The molecule has 0 bridgehead atoms.